The van der Waals surface area contributed by atoms with Crippen molar-refractivity contribution in [3.05, 3.63) is 18.5 Å². The number of nitrogens with two attached hydrogens (primary N) is 1. The molecular formula is C8H8N2O2. The van der Waals surface area contributed by atoms with Crippen molar-refractivity contribution in [3.8, 4) is 5.75 Å². The number of anilines is 1. The molecule has 0 aliphatic heterocycles. The Morgan fingerprint density at radius 1 is 1.50 bits per heavy atom. The number of oxazole rings is 1. The molecule has 0 atom stereocenters. The maximum absolute atomic E-state index is 5.66. The van der Waals surface area contributed by atoms with E-state index in [4.69, 9.17) is 14.9 Å². The quantitative estimate of drug-likeness (QED) is 0.647. The van der Waals surface area contributed by atoms with Gasteiger partial charge in [0, 0.05) is 12.1 Å². The van der Waals surface area contributed by atoms with Gasteiger partial charge in [0.2, 0.25) is 0 Å². The molecule has 4 heteroatoms. The molecule has 1 aromatic carbocycles. The summed E-state index contributed by atoms with van der Waals surface area (Å²) in [5, 5.41) is 0. The summed E-state index contributed by atoms with van der Waals surface area (Å²) in [6, 6.07) is 3.47. The standard InChI is InChI=1S/C8H8N2O2/c1-11-5-2-6(9)8-7(3-5)10-4-12-8/h2-4H,9H2,1H3. The van der Waals surface area contributed by atoms with Gasteiger partial charge < -0.3 is 14.9 Å². The van der Waals surface area contributed by atoms with E-state index in [1.165, 1.54) is 6.39 Å². The van der Waals surface area contributed by atoms with Crippen LogP contribution in [0.4, 0.5) is 5.69 Å². The average Bonchev–Trinajstić information content (AvgIpc) is 2.52. The maximum Gasteiger partial charge on any atom is 0.182 e. The SMILES string of the molecule is COc1cc(N)c2ocnc2c1. The van der Waals surface area contributed by atoms with Crippen molar-refractivity contribution in [2.75, 3.05) is 12.8 Å². The summed E-state index contributed by atoms with van der Waals surface area (Å²) < 4.78 is 10.1. The second kappa shape index (κ2) is 2.41. The fourth-order valence-corrected chi connectivity index (χ4v) is 1.09. The van der Waals surface area contributed by atoms with Gasteiger partial charge in [0.25, 0.3) is 0 Å². The number of fused-ring (bicyclic) bond motifs is 1. The Morgan fingerprint density at radius 2 is 2.33 bits per heavy atom. The first kappa shape index (κ1) is 6.97. The van der Waals surface area contributed by atoms with Crippen LogP contribution in [0, 0.1) is 0 Å². The molecule has 2 rings (SSSR count). The molecule has 1 heterocycles. The van der Waals surface area contributed by atoms with Gasteiger partial charge in [0.05, 0.1) is 12.8 Å². The van der Waals surface area contributed by atoms with Crippen molar-refractivity contribution in [1.29, 1.82) is 0 Å². The maximum atomic E-state index is 5.66. The molecule has 12 heavy (non-hydrogen) atoms. The number of rotatable bonds is 1. The summed E-state index contributed by atoms with van der Waals surface area (Å²) in [7, 11) is 1.58. The monoisotopic (exact) mass is 164 g/mol. The normalized spacial score (nSPS) is 10.4. The van der Waals surface area contributed by atoms with Crippen LogP contribution in [0.2, 0.25) is 0 Å². The zero-order chi connectivity index (χ0) is 8.55. The van der Waals surface area contributed by atoms with Crippen molar-refractivity contribution in [2.24, 2.45) is 0 Å². The molecule has 4 nitrogen and oxygen atoms in total. The Hall–Kier alpha value is -1.71. The fourth-order valence-electron chi connectivity index (χ4n) is 1.09. The lowest BCUT2D eigenvalue weighted by atomic mass is 10.2. The molecule has 2 N–H and O–H groups in total. The molecule has 0 unspecified atom stereocenters. The van der Waals surface area contributed by atoms with E-state index < -0.39 is 0 Å². The van der Waals surface area contributed by atoms with Gasteiger partial charge in [-0.2, -0.15) is 0 Å². The summed E-state index contributed by atoms with van der Waals surface area (Å²) in [6.07, 6.45) is 1.36. The number of hydrogen-bond donors (Lipinski definition) is 1. The van der Waals surface area contributed by atoms with Crippen LogP contribution in [0.1, 0.15) is 0 Å². The third-order valence-corrected chi connectivity index (χ3v) is 1.67. The first-order valence-electron chi connectivity index (χ1n) is 3.48. The minimum absolute atomic E-state index is 0.543. The summed E-state index contributed by atoms with van der Waals surface area (Å²) in [4.78, 5) is 3.96. The Morgan fingerprint density at radius 3 is 3.08 bits per heavy atom. The predicted octanol–water partition coefficient (Wildman–Crippen LogP) is 1.42. The summed E-state index contributed by atoms with van der Waals surface area (Å²) in [6.45, 7) is 0. The van der Waals surface area contributed by atoms with Crippen LogP contribution in [0.3, 0.4) is 0 Å². The van der Waals surface area contributed by atoms with E-state index >= 15 is 0 Å². The molecule has 0 saturated heterocycles. The van der Waals surface area contributed by atoms with Crippen LogP contribution in [0.5, 0.6) is 5.75 Å². The number of hydrogen-bond acceptors (Lipinski definition) is 4. The van der Waals surface area contributed by atoms with E-state index in [2.05, 4.69) is 4.98 Å². The Labute approximate surface area is 68.9 Å². The molecule has 0 amide bonds. The van der Waals surface area contributed by atoms with Gasteiger partial charge in [-0.05, 0) is 0 Å². The number of nitrogens with zero attached hydrogens (tertiary/aromatic N) is 1. The van der Waals surface area contributed by atoms with E-state index in [1.54, 1.807) is 19.2 Å². The van der Waals surface area contributed by atoms with Gasteiger partial charge in [0.1, 0.15) is 11.3 Å². The van der Waals surface area contributed by atoms with Crippen LogP contribution >= 0.6 is 0 Å². The van der Waals surface area contributed by atoms with E-state index in [0.717, 1.165) is 0 Å². The van der Waals surface area contributed by atoms with Crippen molar-refractivity contribution >= 4 is 16.8 Å². The molecule has 0 radical (unpaired) electrons. The van der Waals surface area contributed by atoms with Crippen molar-refractivity contribution in [2.45, 2.75) is 0 Å². The fraction of sp³-hybridized carbons (Fsp3) is 0.125. The molecule has 2 aromatic rings. The Bertz CT molecular complexity index is 408. The van der Waals surface area contributed by atoms with Crippen LogP contribution in [-0.4, -0.2) is 12.1 Å². The van der Waals surface area contributed by atoms with Gasteiger partial charge in [-0.3, -0.25) is 0 Å². The van der Waals surface area contributed by atoms with Crippen molar-refractivity contribution in [1.82, 2.24) is 4.98 Å². The van der Waals surface area contributed by atoms with Crippen LogP contribution in [0.15, 0.2) is 22.9 Å². The van der Waals surface area contributed by atoms with Crippen molar-refractivity contribution < 1.29 is 9.15 Å². The molecule has 0 spiro atoms. The third-order valence-electron chi connectivity index (χ3n) is 1.67. The molecule has 0 aliphatic carbocycles. The lowest BCUT2D eigenvalue weighted by Gasteiger charge is -1.99. The summed E-state index contributed by atoms with van der Waals surface area (Å²) >= 11 is 0. The highest BCUT2D eigenvalue weighted by molar-refractivity contribution is 5.86. The van der Waals surface area contributed by atoms with Gasteiger partial charge >= 0.3 is 0 Å². The van der Waals surface area contributed by atoms with E-state index in [-0.39, 0.29) is 0 Å². The molecule has 0 fully saturated rings. The molecule has 0 bridgehead atoms. The highest BCUT2D eigenvalue weighted by atomic mass is 16.5. The predicted molar refractivity (Wildman–Crippen MR) is 45.0 cm³/mol. The topological polar surface area (TPSA) is 61.3 Å². The van der Waals surface area contributed by atoms with Crippen LogP contribution in [-0.2, 0) is 0 Å². The summed E-state index contributed by atoms with van der Waals surface area (Å²) in [5.41, 5.74) is 7.53. The highest BCUT2D eigenvalue weighted by Gasteiger charge is 2.04. The minimum atomic E-state index is 0.543. The van der Waals surface area contributed by atoms with Crippen LogP contribution < -0.4 is 10.5 Å². The largest absolute Gasteiger partial charge is 0.497 e. The molecule has 1 aromatic heterocycles. The minimum Gasteiger partial charge on any atom is -0.497 e. The highest BCUT2D eigenvalue weighted by Crippen LogP contribution is 2.25. The number of benzene rings is 1. The molecular weight excluding hydrogens is 156 g/mol. The van der Waals surface area contributed by atoms with E-state index in [9.17, 15) is 0 Å². The van der Waals surface area contributed by atoms with Crippen molar-refractivity contribution in [3.63, 3.8) is 0 Å². The second-order valence-corrected chi connectivity index (χ2v) is 2.42. The third kappa shape index (κ3) is 0.887. The molecule has 0 saturated carbocycles. The number of nitrogen functional groups attached to an aromatic ring is 1. The molecule has 62 valence electrons. The Balaban J connectivity index is 2.75. The molecule has 0 aliphatic rings. The van der Waals surface area contributed by atoms with Gasteiger partial charge in [0.15, 0.2) is 12.0 Å². The zero-order valence-electron chi connectivity index (χ0n) is 6.57. The number of aromatic nitrogens is 1. The number of methoxy groups -OCH3 is 1. The van der Waals surface area contributed by atoms with Gasteiger partial charge in [-0.1, -0.05) is 0 Å². The van der Waals surface area contributed by atoms with Gasteiger partial charge in [-0.15, -0.1) is 0 Å². The second-order valence-electron chi connectivity index (χ2n) is 2.42. The first-order chi connectivity index (χ1) is 5.81. The lowest BCUT2D eigenvalue weighted by molar-refractivity contribution is 0.415. The average molecular weight is 164 g/mol. The Kier molecular flexibility index (Phi) is 1.40. The smallest absolute Gasteiger partial charge is 0.182 e. The lowest BCUT2D eigenvalue weighted by Crippen LogP contribution is -1.88. The first-order valence-corrected chi connectivity index (χ1v) is 3.48. The zero-order valence-corrected chi connectivity index (χ0v) is 6.57. The van der Waals surface area contributed by atoms with E-state index in [1.807, 2.05) is 0 Å². The number of ether oxygens (including phenoxy) is 1. The van der Waals surface area contributed by atoms with Crippen LogP contribution in [0.25, 0.3) is 11.1 Å². The van der Waals surface area contributed by atoms with Gasteiger partial charge in [-0.25, -0.2) is 4.98 Å². The summed E-state index contributed by atoms with van der Waals surface area (Å²) in [5.74, 6) is 0.689. The van der Waals surface area contributed by atoms with E-state index in [0.29, 0.717) is 22.5 Å².